The number of carbonyl (C=O) groups excluding carboxylic acids is 2. The zero-order chi connectivity index (χ0) is 10.4. The van der Waals surface area contributed by atoms with Crippen LogP contribution in [0.1, 0.15) is 13.3 Å². The molecule has 0 heterocycles. The Labute approximate surface area is 75.2 Å². The molecule has 0 aliphatic carbocycles. The molecule has 0 aromatic carbocycles. The SMILES string of the molecule is CCOC(=O)[C@H](N)C[C@@H](F)C(N)=O. The normalized spacial score (nSPS) is 14.7. The van der Waals surface area contributed by atoms with Gasteiger partial charge in [0.1, 0.15) is 6.04 Å². The van der Waals surface area contributed by atoms with Gasteiger partial charge in [-0.05, 0) is 6.92 Å². The van der Waals surface area contributed by atoms with Crippen molar-refractivity contribution in [2.24, 2.45) is 11.5 Å². The van der Waals surface area contributed by atoms with Gasteiger partial charge >= 0.3 is 5.97 Å². The van der Waals surface area contributed by atoms with Crippen LogP contribution in [0, 0.1) is 0 Å². The second kappa shape index (κ2) is 5.47. The molecule has 4 N–H and O–H groups in total. The Hall–Kier alpha value is -1.17. The van der Waals surface area contributed by atoms with Crippen LogP contribution >= 0.6 is 0 Å². The van der Waals surface area contributed by atoms with Crippen LogP contribution in [0.4, 0.5) is 4.39 Å². The molecule has 0 saturated carbocycles. The second-order valence-corrected chi connectivity index (χ2v) is 2.46. The van der Waals surface area contributed by atoms with Gasteiger partial charge in [0, 0.05) is 6.42 Å². The lowest BCUT2D eigenvalue weighted by atomic mass is 10.1. The minimum atomic E-state index is -1.90. The van der Waals surface area contributed by atoms with Crippen molar-refractivity contribution in [3.05, 3.63) is 0 Å². The van der Waals surface area contributed by atoms with E-state index in [2.05, 4.69) is 10.5 Å². The molecular weight excluding hydrogens is 179 g/mol. The fourth-order valence-corrected chi connectivity index (χ4v) is 0.685. The quantitative estimate of drug-likeness (QED) is 0.551. The molecule has 0 rings (SSSR count). The highest BCUT2D eigenvalue weighted by Crippen LogP contribution is 2.01. The largest absolute Gasteiger partial charge is 0.465 e. The van der Waals surface area contributed by atoms with Gasteiger partial charge in [0.05, 0.1) is 6.61 Å². The van der Waals surface area contributed by atoms with Crippen LogP contribution in [0.5, 0.6) is 0 Å². The van der Waals surface area contributed by atoms with E-state index >= 15 is 0 Å². The first kappa shape index (κ1) is 11.8. The van der Waals surface area contributed by atoms with E-state index in [1.165, 1.54) is 0 Å². The maximum absolute atomic E-state index is 12.6. The topological polar surface area (TPSA) is 95.4 Å². The summed E-state index contributed by atoms with van der Waals surface area (Å²) in [6.07, 6.45) is -2.34. The zero-order valence-electron chi connectivity index (χ0n) is 7.33. The number of ether oxygens (including phenoxy) is 1. The Morgan fingerprint density at radius 3 is 2.46 bits per heavy atom. The number of nitrogens with two attached hydrogens (primary N) is 2. The molecular formula is C7H13FN2O3. The fraction of sp³-hybridized carbons (Fsp3) is 0.714. The number of esters is 1. The molecule has 0 unspecified atom stereocenters. The summed E-state index contributed by atoms with van der Waals surface area (Å²) < 4.78 is 17.1. The first-order chi connectivity index (χ1) is 5.99. The van der Waals surface area contributed by atoms with E-state index in [4.69, 9.17) is 5.73 Å². The average Bonchev–Trinajstić information content (AvgIpc) is 2.04. The van der Waals surface area contributed by atoms with Crippen LogP contribution in [-0.4, -0.2) is 30.7 Å². The van der Waals surface area contributed by atoms with Crippen LogP contribution in [0.15, 0.2) is 0 Å². The molecule has 0 aromatic heterocycles. The molecule has 0 saturated heterocycles. The highest BCUT2D eigenvalue weighted by atomic mass is 19.1. The number of primary amides is 1. The van der Waals surface area contributed by atoms with E-state index in [1.54, 1.807) is 6.92 Å². The predicted octanol–water partition coefficient (Wildman–Crippen LogP) is -0.910. The van der Waals surface area contributed by atoms with Gasteiger partial charge in [-0.2, -0.15) is 0 Å². The van der Waals surface area contributed by atoms with Gasteiger partial charge < -0.3 is 16.2 Å². The minimum Gasteiger partial charge on any atom is -0.465 e. The van der Waals surface area contributed by atoms with E-state index in [1.807, 2.05) is 0 Å². The number of alkyl halides is 1. The molecule has 0 radical (unpaired) electrons. The highest BCUT2D eigenvalue weighted by molar-refractivity contribution is 5.81. The van der Waals surface area contributed by atoms with Crippen molar-refractivity contribution >= 4 is 11.9 Å². The number of halogens is 1. The van der Waals surface area contributed by atoms with Crippen molar-refractivity contribution in [1.29, 1.82) is 0 Å². The van der Waals surface area contributed by atoms with Crippen molar-refractivity contribution < 1.29 is 18.7 Å². The summed E-state index contributed by atoms with van der Waals surface area (Å²) in [6, 6.07) is -1.14. The van der Waals surface area contributed by atoms with Gasteiger partial charge in [-0.15, -0.1) is 0 Å². The van der Waals surface area contributed by atoms with Gasteiger partial charge in [-0.25, -0.2) is 4.39 Å². The Kier molecular flexibility index (Phi) is 4.98. The highest BCUT2D eigenvalue weighted by Gasteiger charge is 2.23. The summed E-state index contributed by atoms with van der Waals surface area (Å²) in [7, 11) is 0. The molecule has 0 aliphatic rings. The maximum atomic E-state index is 12.6. The number of carbonyl (C=O) groups is 2. The number of hydrogen-bond donors (Lipinski definition) is 2. The third-order valence-corrected chi connectivity index (χ3v) is 1.36. The summed E-state index contributed by atoms with van der Waals surface area (Å²) in [5.41, 5.74) is 9.86. The summed E-state index contributed by atoms with van der Waals surface area (Å²) in [5.74, 6) is -1.86. The molecule has 13 heavy (non-hydrogen) atoms. The van der Waals surface area contributed by atoms with Crippen LogP contribution in [0.2, 0.25) is 0 Å². The summed E-state index contributed by atoms with van der Waals surface area (Å²) in [5, 5.41) is 0. The third kappa shape index (κ3) is 4.41. The van der Waals surface area contributed by atoms with Crippen molar-refractivity contribution in [3.63, 3.8) is 0 Å². The van der Waals surface area contributed by atoms with E-state index in [-0.39, 0.29) is 6.61 Å². The summed E-state index contributed by atoms with van der Waals surface area (Å²) in [6.45, 7) is 1.77. The molecule has 0 aliphatic heterocycles. The zero-order valence-corrected chi connectivity index (χ0v) is 7.33. The summed E-state index contributed by atoms with van der Waals surface area (Å²) in [4.78, 5) is 21.1. The molecule has 2 atom stereocenters. The van der Waals surface area contributed by atoms with Gasteiger partial charge in [-0.3, -0.25) is 9.59 Å². The number of rotatable bonds is 5. The molecule has 6 heteroatoms. The first-order valence-corrected chi connectivity index (χ1v) is 3.84. The number of amides is 1. The molecule has 0 spiro atoms. The lowest BCUT2D eigenvalue weighted by molar-refractivity contribution is -0.145. The predicted molar refractivity (Wildman–Crippen MR) is 43.3 cm³/mol. The van der Waals surface area contributed by atoms with Crippen molar-refractivity contribution in [2.75, 3.05) is 6.61 Å². The van der Waals surface area contributed by atoms with Crippen LogP contribution in [-0.2, 0) is 14.3 Å². The lowest BCUT2D eigenvalue weighted by Gasteiger charge is -2.11. The van der Waals surface area contributed by atoms with E-state index in [9.17, 15) is 14.0 Å². The van der Waals surface area contributed by atoms with Crippen molar-refractivity contribution in [3.8, 4) is 0 Å². The van der Waals surface area contributed by atoms with Crippen molar-refractivity contribution in [1.82, 2.24) is 0 Å². The molecule has 5 nitrogen and oxygen atoms in total. The van der Waals surface area contributed by atoms with Gasteiger partial charge in [-0.1, -0.05) is 0 Å². The molecule has 1 amide bonds. The Morgan fingerprint density at radius 1 is 1.54 bits per heavy atom. The van der Waals surface area contributed by atoms with E-state index < -0.39 is 30.5 Å². The van der Waals surface area contributed by atoms with E-state index in [0.717, 1.165) is 0 Å². The monoisotopic (exact) mass is 192 g/mol. The standard InChI is InChI=1S/C7H13FN2O3/c1-2-13-7(12)5(9)3-4(8)6(10)11/h4-5H,2-3,9H2,1H3,(H2,10,11)/t4-,5-/m1/s1. The molecule has 0 aromatic rings. The second-order valence-electron chi connectivity index (χ2n) is 2.46. The first-order valence-electron chi connectivity index (χ1n) is 3.84. The molecule has 76 valence electrons. The van der Waals surface area contributed by atoms with Gasteiger partial charge in [0.25, 0.3) is 5.91 Å². The lowest BCUT2D eigenvalue weighted by Crippen LogP contribution is -2.38. The Balaban J connectivity index is 3.92. The minimum absolute atomic E-state index is 0.167. The number of hydrogen-bond acceptors (Lipinski definition) is 4. The van der Waals surface area contributed by atoms with Crippen LogP contribution in [0.3, 0.4) is 0 Å². The third-order valence-electron chi connectivity index (χ3n) is 1.36. The Bertz CT molecular complexity index is 198. The molecule has 0 fully saturated rings. The Morgan fingerprint density at radius 2 is 2.08 bits per heavy atom. The van der Waals surface area contributed by atoms with Crippen LogP contribution < -0.4 is 11.5 Å². The van der Waals surface area contributed by atoms with Gasteiger partial charge in [0.2, 0.25) is 0 Å². The molecule has 0 bridgehead atoms. The van der Waals surface area contributed by atoms with E-state index in [0.29, 0.717) is 0 Å². The van der Waals surface area contributed by atoms with Gasteiger partial charge in [0.15, 0.2) is 6.17 Å². The maximum Gasteiger partial charge on any atom is 0.323 e. The smallest absolute Gasteiger partial charge is 0.323 e. The van der Waals surface area contributed by atoms with Crippen LogP contribution in [0.25, 0.3) is 0 Å². The van der Waals surface area contributed by atoms with Crippen molar-refractivity contribution in [2.45, 2.75) is 25.6 Å². The average molecular weight is 192 g/mol. The summed E-state index contributed by atoms with van der Waals surface area (Å²) >= 11 is 0. The fourth-order valence-electron chi connectivity index (χ4n) is 0.685.